The Morgan fingerprint density at radius 2 is 1.81 bits per heavy atom. The molecule has 4 aliphatic carbocycles. The van der Waals surface area contributed by atoms with E-state index in [9.17, 15) is 4.79 Å². The highest BCUT2D eigenvalue weighted by atomic mass is 35.5. The topological polar surface area (TPSA) is 59.8 Å². The van der Waals surface area contributed by atoms with Crippen LogP contribution in [0.2, 0.25) is 10.0 Å². The number of carbonyl (C=O) groups excluding carboxylic acids is 1. The molecule has 1 amide bonds. The van der Waals surface area contributed by atoms with Gasteiger partial charge in [-0.1, -0.05) is 35.0 Å². The van der Waals surface area contributed by atoms with Gasteiger partial charge in [0.25, 0.3) is 0 Å². The largest absolute Gasteiger partial charge is 0.325 e. The van der Waals surface area contributed by atoms with Crippen molar-refractivity contribution in [1.82, 2.24) is 14.8 Å². The van der Waals surface area contributed by atoms with Gasteiger partial charge in [0.15, 0.2) is 5.16 Å². The van der Waals surface area contributed by atoms with E-state index in [1.807, 2.05) is 0 Å². The lowest BCUT2D eigenvalue weighted by Crippen LogP contribution is -2.47. The van der Waals surface area contributed by atoms with Gasteiger partial charge >= 0.3 is 0 Å². The SMILES string of the molecule is CCn1c(CC23CC4CC(CC(C4)C2)C3)nnc1SCC(=O)Nc1ccc(Cl)c(Cl)c1. The van der Waals surface area contributed by atoms with Crippen molar-refractivity contribution in [3.8, 4) is 0 Å². The molecule has 4 saturated carbocycles. The molecule has 4 aliphatic rings. The maximum Gasteiger partial charge on any atom is 0.234 e. The second kappa shape index (κ2) is 8.60. The Bertz CT molecular complexity index is 957. The number of aromatic nitrogens is 3. The number of halogens is 2. The predicted molar refractivity (Wildman–Crippen MR) is 126 cm³/mol. The first-order chi connectivity index (χ1) is 14.9. The standard InChI is InChI=1S/C23H28Cl2N4OS/c1-2-29-20(12-23-9-14-5-15(10-23)7-16(6-14)11-23)27-28-22(29)31-13-21(30)26-17-3-4-18(24)19(25)8-17/h3-4,8,14-16H,2,5-7,9-13H2,1H3,(H,26,30). The normalized spacial score (nSPS) is 28.8. The quantitative estimate of drug-likeness (QED) is 0.488. The summed E-state index contributed by atoms with van der Waals surface area (Å²) in [5, 5.41) is 13.6. The van der Waals surface area contributed by atoms with Crippen LogP contribution in [0.5, 0.6) is 0 Å². The summed E-state index contributed by atoms with van der Waals surface area (Å²) in [6.45, 7) is 2.96. The molecule has 0 saturated heterocycles. The number of anilines is 1. The Hall–Kier alpha value is -1.24. The van der Waals surface area contributed by atoms with Crippen LogP contribution in [0.1, 0.15) is 51.3 Å². The van der Waals surface area contributed by atoms with Gasteiger partial charge in [0.05, 0.1) is 15.8 Å². The molecule has 0 atom stereocenters. The fraction of sp³-hybridized carbons (Fsp3) is 0.609. The Morgan fingerprint density at radius 1 is 1.13 bits per heavy atom. The molecule has 1 heterocycles. The highest BCUT2D eigenvalue weighted by Gasteiger charge is 2.51. The molecule has 0 spiro atoms. The van der Waals surface area contributed by atoms with Gasteiger partial charge in [-0.15, -0.1) is 10.2 Å². The summed E-state index contributed by atoms with van der Waals surface area (Å²) in [6, 6.07) is 5.08. The minimum absolute atomic E-state index is 0.100. The van der Waals surface area contributed by atoms with Crippen LogP contribution in [0, 0.1) is 23.2 Å². The van der Waals surface area contributed by atoms with Gasteiger partial charge in [-0.25, -0.2) is 0 Å². The van der Waals surface area contributed by atoms with Gasteiger partial charge in [-0.05, 0) is 86.8 Å². The number of amides is 1. The fourth-order valence-corrected chi connectivity index (χ4v) is 7.74. The van der Waals surface area contributed by atoms with Crippen molar-refractivity contribution in [2.45, 2.75) is 63.6 Å². The average Bonchev–Trinajstić information content (AvgIpc) is 3.09. The van der Waals surface area contributed by atoms with Crippen molar-refractivity contribution in [3.05, 3.63) is 34.1 Å². The third-order valence-electron chi connectivity index (χ3n) is 7.34. The summed E-state index contributed by atoms with van der Waals surface area (Å²) in [7, 11) is 0. The third kappa shape index (κ3) is 4.49. The van der Waals surface area contributed by atoms with E-state index in [1.165, 1.54) is 50.3 Å². The third-order valence-corrected chi connectivity index (χ3v) is 9.05. The first-order valence-electron chi connectivity index (χ1n) is 11.2. The second-order valence-corrected chi connectivity index (χ2v) is 11.5. The summed E-state index contributed by atoms with van der Waals surface area (Å²) in [5.74, 6) is 4.07. The molecule has 31 heavy (non-hydrogen) atoms. The molecule has 1 N–H and O–H groups in total. The van der Waals surface area contributed by atoms with Gasteiger partial charge in [0.2, 0.25) is 5.91 Å². The van der Waals surface area contributed by atoms with Crippen LogP contribution >= 0.6 is 35.0 Å². The Balaban J connectivity index is 1.23. The zero-order valence-electron chi connectivity index (χ0n) is 17.7. The zero-order chi connectivity index (χ0) is 21.6. The summed E-state index contributed by atoms with van der Waals surface area (Å²) in [6.07, 6.45) is 9.49. The number of rotatable bonds is 7. The van der Waals surface area contributed by atoms with E-state index < -0.39 is 0 Å². The summed E-state index contributed by atoms with van der Waals surface area (Å²) >= 11 is 13.4. The molecule has 1 aromatic carbocycles. The fourth-order valence-electron chi connectivity index (χ4n) is 6.62. The average molecular weight is 479 g/mol. The van der Waals surface area contributed by atoms with Gasteiger partial charge < -0.3 is 9.88 Å². The summed E-state index contributed by atoms with van der Waals surface area (Å²) in [4.78, 5) is 12.4. The second-order valence-electron chi connectivity index (χ2n) is 9.70. The lowest BCUT2D eigenvalue weighted by molar-refractivity contribution is -0.113. The predicted octanol–water partition coefficient (Wildman–Crippen LogP) is 6.09. The van der Waals surface area contributed by atoms with Crippen molar-refractivity contribution in [1.29, 1.82) is 0 Å². The summed E-state index contributed by atoms with van der Waals surface area (Å²) in [5.41, 5.74) is 1.07. The number of nitrogens with zero attached hydrogens (tertiary/aromatic N) is 3. The van der Waals surface area contributed by atoms with Crippen LogP contribution in [0.15, 0.2) is 23.4 Å². The monoisotopic (exact) mass is 478 g/mol. The Labute approximate surface area is 197 Å². The van der Waals surface area contributed by atoms with Crippen LogP contribution in [-0.4, -0.2) is 26.4 Å². The van der Waals surface area contributed by atoms with E-state index in [1.54, 1.807) is 18.2 Å². The zero-order valence-corrected chi connectivity index (χ0v) is 20.1. The van der Waals surface area contributed by atoms with Gasteiger partial charge in [-0.3, -0.25) is 4.79 Å². The molecule has 8 heteroatoms. The number of nitrogens with one attached hydrogen (secondary N) is 1. The van der Waals surface area contributed by atoms with Crippen LogP contribution in [0.3, 0.4) is 0 Å². The van der Waals surface area contributed by atoms with E-state index in [-0.39, 0.29) is 11.7 Å². The lowest BCUT2D eigenvalue weighted by Gasteiger charge is -2.56. The van der Waals surface area contributed by atoms with Gasteiger partial charge in [0, 0.05) is 18.7 Å². The number of hydrogen-bond donors (Lipinski definition) is 1. The molecule has 4 bridgehead atoms. The van der Waals surface area contributed by atoms with E-state index in [2.05, 4.69) is 27.0 Å². The van der Waals surface area contributed by atoms with E-state index >= 15 is 0 Å². The minimum Gasteiger partial charge on any atom is -0.325 e. The van der Waals surface area contributed by atoms with Crippen molar-refractivity contribution < 1.29 is 4.79 Å². The molecule has 0 radical (unpaired) electrons. The van der Waals surface area contributed by atoms with Crippen molar-refractivity contribution in [3.63, 3.8) is 0 Å². The molecule has 4 fully saturated rings. The van der Waals surface area contributed by atoms with E-state index in [0.29, 0.717) is 21.1 Å². The van der Waals surface area contributed by atoms with Crippen molar-refractivity contribution in [2.75, 3.05) is 11.1 Å². The highest BCUT2D eigenvalue weighted by Crippen LogP contribution is 2.61. The lowest BCUT2D eigenvalue weighted by atomic mass is 9.49. The number of benzene rings is 1. The summed E-state index contributed by atoms with van der Waals surface area (Å²) < 4.78 is 2.20. The molecule has 2 aromatic rings. The first kappa shape index (κ1) is 21.6. The van der Waals surface area contributed by atoms with Crippen LogP contribution < -0.4 is 5.32 Å². The van der Waals surface area contributed by atoms with Crippen LogP contribution in [0.4, 0.5) is 5.69 Å². The number of thioether (sulfide) groups is 1. The van der Waals surface area contributed by atoms with Crippen LogP contribution in [-0.2, 0) is 17.8 Å². The molecular formula is C23H28Cl2N4OS. The molecule has 5 nitrogen and oxygen atoms in total. The van der Waals surface area contributed by atoms with Crippen molar-refractivity contribution in [2.24, 2.45) is 23.2 Å². The van der Waals surface area contributed by atoms with Gasteiger partial charge in [-0.2, -0.15) is 0 Å². The van der Waals surface area contributed by atoms with Gasteiger partial charge in [0.1, 0.15) is 5.82 Å². The smallest absolute Gasteiger partial charge is 0.234 e. The number of carbonyl (C=O) groups is 1. The Morgan fingerprint density at radius 3 is 2.42 bits per heavy atom. The minimum atomic E-state index is -0.100. The number of hydrogen-bond acceptors (Lipinski definition) is 4. The van der Waals surface area contributed by atoms with E-state index in [0.717, 1.165) is 41.7 Å². The maximum absolute atomic E-state index is 12.4. The molecule has 6 rings (SSSR count). The van der Waals surface area contributed by atoms with Crippen molar-refractivity contribution >= 4 is 46.6 Å². The molecule has 1 aromatic heterocycles. The van der Waals surface area contributed by atoms with Crippen LogP contribution in [0.25, 0.3) is 0 Å². The Kier molecular flexibility index (Phi) is 5.99. The maximum atomic E-state index is 12.4. The molecule has 0 unspecified atom stereocenters. The highest BCUT2D eigenvalue weighted by molar-refractivity contribution is 7.99. The molecule has 0 aliphatic heterocycles. The molecular weight excluding hydrogens is 451 g/mol. The molecule has 166 valence electrons. The van der Waals surface area contributed by atoms with E-state index in [4.69, 9.17) is 23.2 Å². The first-order valence-corrected chi connectivity index (χ1v) is 13.0.